The van der Waals surface area contributed by atoms with Crippen molar-refractivity contribution in [1.82, 2.24) is 0 Å². The summed E-state index contributed by atoms with van der Waals surface area (Å²) in [5.41, 5.74) is 2.03. The second kappa shape index (κ2) is 4.27. The van der Waals surface area contributed by atoms with E-state index < -0.39 is 0 Å². The van der Waals surface area contributed by atoms with Crippen molar-refractivity contribution in [3.05, 3.63) is 35.9 Å². The average Bonchev–Trinajstić information content (AvgIpc) is 3.03. The van der Waals surface area contributed by atoms with Gasteiger partial charge in [0.1, 0.15) is 6.61 Å². The van der Waals surface area contributed by atoms with Crippen LogP contribution in [0.4, 0.5) is 0 Å². The summed E-state index contributed by atoms with van der Waals surface area (Å²) in [6.07, 6.45) is 2.60. The Hall–Kier alpha value is -1.31. The second-order valence-electron chi connectivity index (χ2n) is 3.70. The van der Waals surface area contributed by atoms with Crippen molar-refractivity contribution < 1.29 is 4.84 Å². The summed E-state index contributed by atoms with van der Waals surface area (Å²) in [5.74, 6) is 0.760. The minimum absolute atomic E-state index is 0.760. The highest BCUT2D eigenvalue weighted by Gasteiger charge is 2.21. The van der Waals surface area contributed by atoms with Gasteiger partial charge in [-0.2, -0.15) is 0 Å². The van der Waals surface area contributed by atoms with Gasteiger partial charge in [-0.15, -0.1) is 0 Å². The van der Waals surface area contributed by atoms with E-state index in [1.165, 1.54) is 12.8 Å². The van der Waals surface area contributed by atoms with E-state index in [1.807, 2.05) is 31.2 Å². The first-order valence-electron chi connectivity index (χ1n) is 4.99. The van der Waals surface area contributed by atoms with E-state index in [9.17, 15) is 0 Å². The summed E-state index contributed by atoms with van der Waals surface area (Å²) in [5, 5.41) is 4.08. The molecule has 0 spiro atoms. The third kappa shape index (κ3) is 2.59. The van der Waals surface area contributed by atoms with Gasteiger partial charge in [0.2, 0.25) is 0 Å². The lowest BCUT2D eigenvalue weighted by Gasteiger charge is -2.00. The smallest absolute Gasteiger partial charge is 0.120 e. The first kappa shape index (κ1) is 9.25. The number of rotatable bonds is 4. The van der Waals surface area contributed by atoms with Crippen LogP contribution in [-0.2, 0) is 4.84 Å². The predicted octanol–water partition coefficient (Wildman–Crippen LogP) is 2.64. The van der Waals surface area contributed by atoms with E-state index in [4.69, 9.17) is 4.84 Å². The zero-order chi connectivity index (χ0) is 9.80. The van der Waals surface area contributed by atoms with Crippen molar-refractivity contribution >= 4 is 5.71 Å². The molecule has 0 bridgehead atoms. The Morgan fingerprint density at radius 1 is 1.50 bits per heavy atom. The minimum atomic E-state index is 0.760. The maximum Gasteiger partial charge on any atom is 0.120 e. The SMILES string of the molecule is CC(=NOCC1CC1)c1cc[c]cc1. The van der Waals surface area contributed by atoms with Gasteiger partial charge < -0.3 is 4.84 Å². The van der Waals surface area contributed by atoms with E-state index in [0.717, 1.165) is 23.8 Å². The molecule has 0 atom stereocenters. The summed E-state index contributed by atoms with van der Waals surface area (Å²) in [4.78, 5) is 5.25. The molecular weight excluding hydrogens is 174 g/mol. The van der Waals surface area contributed by atoms with Crippen LogP contribution in [-0.4, -0.2) is 12.3 Å². The lowest BCUT2D eigenvalue weighted by atomic mass is 10.1. The molecular formula is C12H14NO. The molecule has 0 aliphatic heterocycles. The number of hydrogen-bond donors (Lipinski definition) is 0. The zero-order valence-corrected chi connectivity index (χ0v) is 8.36. The fourth-order valence-electron chi connectivity index (χ4n) is 1.20. The first-order valence-corrected chi connectivity index (χ1v) is 4.99. The van der Waals surface area contributed by atoms with Crippen LogP contribution in [0, 0.1) is 12.0 Å². The molecule has 0 heterocycles. The molecule has 0 amide bonds. The molecule has 1 radical (unpaired) electrons. The summed E-state index contributed by atoms with van der Waals surface area (Å²) in [7, 11) is 0. The Bertz CT molecular complexity index is 314. The molecule has 1 aromatic carbocycles. The predicted molar refractivity (Wildman–Crippen MR) is 56.2 cm³/mol. The van der Waals surface area contributed by atoms with Gasteiger partial charge in [-0.05, 0) is 37.3 Å². The first-order chi connectivity index (χ1) is 6.86. The summed E-state index contributed by atoms with van der Waals surface area (Å²) < 4.78 is 0. The van der Waals surface area contributed by atoms with Crippen molar-refractivity contribution in [1.29, 1.82) is 0 Å². The Morgan fingerprint density at radius 3 is 2.86 bits per heavy atom. The van der Waals surface area contributed by atoms with Crippen molar-refractivity contribution in [3.8, 4) is 0 Å². The lowest BCUT2D eigenvalue weighted by Crippen LogP contribution is -1.97. The molecule has 2 rings (SSSR count). The van der Waals surface area contributed by atoms with E-state index in [0.29, 0.717) is 0 Å². The van der Waals surface area contributed by atoms with Gasteiger partial charge in [0.25, 0.3) is 0 Å². The van der Waals surface area contributed by atoms with Gasteiger partial charge in [0.15, 0.2) is 0 Å². The van der Waals surface area contributed by atoms with Crippen LogP contribution in [0.5, 0.6) is 0 Å². The van der Waals surface area contributed by atoms with Crippen molar-refractivity contribution in [3.63, 3.8) is 0 Å². The zero-order valence-electron chi connectivity index (χ0n) is 8.36. The van der Waals surface area contributed by atoms with Gasteiger partial charge >= 0.3 is 0 Å². The van der Waals surface area contributed by atoms with Crippen LogP contribution in [0.15, 0.2) is 29.4 Å². The molecule has 2 heteroatoms. The maximum atomic E-state index is 5.25. The van der Waals surface area contributed by atoms with Gasteiger partial charge in [-0.25, -0.2) is 0 Å². The fraction of sp³-hybridized carbons (Fsp3) is 0.417. The number of benzene rings is 1. The molecule has 73 valence electrons. The molecule has 1 saturated carbocycles. The average molecular weight is 188 g/mol. The van der Waals surface area contributed by atoms with Crippen LogP contribution >= 0.6 is 0 Å². The van der Waals surface area contributed by atoms with Crippen LogP contribution < -0.4 is 0 Å². The number of nitrogens with zero attached hydrogens (tertiary/aromatic N) is 1. The third-order valence-corrected chi connectivity index (χ3v) is 2.34. The molecule has 0 unspecified atom stereocenters. The molecule has 1 aliphatic carbocycles. The normalized spacial score (nSPS) is 16.8. The lowest BCUT2D eigenvalue weighted by molar-refractivity contribution is 0.134. The molecule has 0 saturated heterocycles. The third-order valence-electron chi connectivity index (χ3n) is 2.34. The highest BCUT2D eigenvalue weighted by Crippen LogP contribution is 2.28. The molecule has 14 heavy (non-hydrogen) atoms. The molecule has 1 aromatic rings. The summed E-state index contributed by atoms with van der Waals surface area (Å²) >= 11 is 0. The standard InChI is InChI=1S/C12H14NO/c1-10(12-5-3-2-4-6-12)13-14-9-11-7-8-11/h3-6,11H,7-9H2,1H3. The van der Waals surface area contributed by atoms with Gasteiger partial charge in [0.05, 0.1) is 5.71 Å². The monoisotopic (exact) mass is 188 g/mol. The molecule has 1 aliphatic rings. The Labute approximate surface area is 84.6 Å². The van der Waals surface area contributed by atoms with Crippen LogP contribution in [0.2, 0.25) is 0 Å². The highest BCUT2D eigenvalue weighted by molar-refractivity contribution is 5.98. The van der Waals surface area contributed by atoms with E-state index >= 15 is 0 Å². The Balaban J connectivity index is 1.89. The van der Waals surface area contributed by atoms with Crippen molar-refractivity contribution in [2.45, 2.75) is 19.8 Å². The quantitative estimate of drug-likeness (QED) is 0.525. The van der Waals surface area contributed by atoms with Gasteiger partial charge in [0, 0.05) is 0 Å². The van der Waals surface area contributed by atoms with E-state index in [2.05, 4.69) is 11.2 Å². The molecule has 2 nitrogen and oxygen atoms in total. The number of hydrogen-bond acceptors (Lipinski definition) is 2. The topological polar surface area (TPSA) is 21.6 Å². The van der Waals surface area contributed by atoms with Crippen LogP contribution in [0.3, 0.4) is 0 Å². The van der Waals surface area contributed by atoms with E-state index in [-0.39, 0.29) is 0 Å². The Kier molecular flexibility index (Phi) is 2.82. The molecule has 1 fully saturated rings. The molecule has 0 N–H and O–H groups in total. The fourth-order valence-corrected chi connectivity index (χ4v) is 1.20. The molecule has 0 aromatic heterocycles. The Morgan fingerprint density at radius 2 is 2.21 bits per heavy atom. The minimum Gasteiger partial charge on any atom is -0.395 e. The van der Waals surface area contributed by atoms with Crippen LogP contribution in [0.25, 0.3) is 0 Å². The highest BCUT2D eigenvalue weighted by atomic mass is 16.6. The van der Waals surface area contributed by atoms with Crippen molar-refractivity contribution in [2.75, 3.05) is 6.61 Å². The second-order valence-corrected chi connectivity index (χ2v) is 3.70. The van der Waals surface area contributed by atoms with Crippen LogP contribution in [0.1, 0.15) is 25.3 Å². The summed E-state index contributed by atoms with van der Waals surface area (Å²) in [6, 6.07) is 10.7. The van der Waals surface area contributed by atoms with Crippen molar-refractivity contribution in [2.24, 2.45) is 11.1 Å². The van der Waals surface area contributed by atoms with Gasteiger partial charge in [-0.3, -0.25) is 0 Å². The summed E-state index contributed by atoms with van der Waals surface area (Å²) in [6.45, 7) is 2.73. The number of oxime groups is 1. The van der Waals surface area contributed by atoms with Gasteiger partial charge in [-0.1, -0.05) is 29.4 Å². The maximum absolute atomic E-state index is 5.25. The largest absolute Gasteiger partial charge is 0.395 e. The van der Waals surface area contributed by atoms with E-state index in [1.54, 1.807) is 0 Å².